The Bertz CT molecular complexity index is 712. The van der Waals surface area contributed by atoms with Gasteiger partial charge in [0.25, 0.3) is 5.91 Å². The summed E-state index contributed by atoms with van der Waals surface area (Å²) in [6, 6.07) is 14.0. The fraction of sp³-hybridized carbons (Fsp3) is 0.350. The van der Waals surface area contributed by atoms with Crippen LogP contribution in [-0.2, 0) is 4.74 Å². The van der Waals surface area contributed by atoms with E-state index in [1.54, 1.807) is 12.1 Å². The van der Waals surface area contributed by atoms with Crippen molar-refractivity contribution >= 4 is 5.91 Å². The molecule has 5 heteroatoms. The van der Waals surface area contributed by atoms with Crippen LogP contribution in [0.3, 0.4) is 0 Å². The van der Waals surface area contributed by atoms with Gasteiger partial charge in [0.2, 0.25) is 0 Å². The number of ether oxygens (including phenoxy) is 1. The van der Waals surface area contributed by atoms with Gasteiger partial charge in [0.1, 0.15) is 5.82 Å². The van der Waals surface area contributed by atoms with Gasteiger partial charge in [-0.3, -0.25) is 9.69 Å². The summed E-state index contributed by atoms with van der Waals surface area (Å²) >= 11 is 0. The highest BCUT2D eigenvalue weighted by molar-refractivity contribution is 5.95. The molecule has 0 aromatic heterocycles. The average Bonchev–Trinajstić information content (AvgIpc) is 2.64. The van der Waals surface area contributed by atoms with E-state index in [1.807, 2.05) is 31.2 Å². The van der Waals surface area contributed by atoms with Gasteiger partial charge >= 0.3 is 0 Å². The summed E-state index contributed by atoms with van der Waals surface area (Å²) in [5.41, 5.74) is 2.63. The number of nitrogens with zero attached hydrogens (tertiary/aromatic N) is 1. The lowest BCUT2D eigenvalue weighted by molar-refractivity contribution is 0.0162. The van der Waals surface area contributed by atoms with Crippen LogP contribution in [0.25, 0.3) is 0 Å². The highest BCUT2D eigenvalue weighted by Gasteiger charge is 2.23. The topological polar surface area (TPSA) is 41.6 Å². The monoisotopic (exact) mass is 342 g/mol. The molecule has 3 rings (SSSR count). The molecular weight excluding hydrogens is 319 g/mol. The number of hydrogen-bond donors (Lipinski definition) is 1. The largest absolute Gasteiger partial charge is 0.379 e. The Morgan fingerprint density at radius 3 is 2.52 bits per heavy atom. The molecular formula is C20H23FN2O2. The van der Waals surface area contributed by atoms with Crippen molar-refractivity contribution in [2.45, 2.75) is 13.0 Å². The van der Waals surface area contributed by atoms with Gasteiger partial charge in [-0.1, -0.05) is 30.3 Å². The Morgan fingerprint density at radius 2 is 1.84 bits per heavy atom. The number of benzene rings is 2. The number of aryl methyl sites for hydroxylation is 1. The summed E-state index contributed by atoms with van der Waals surface area (Å²) in [5, 5.41) is 3.04. The molecule has 1 aliphatic rings. The summed E-state index contributed by atoms with van der Waals surface area (Å²) < 4.78 is 18.7. The molecule has 1 saturated heterocycles. The lowest BCUT2D eigenvalue weighted by Gasteiger charge is -2.35. The SMILES string of the molecule is Cc1ccccc1C(=O)NC[C@H](c1ccc(F)cc1)N1CCOCC1. The lowest BCUT2D eigenvalue weighted by Crippen LogP contribution is -2.43. The molecule has 0 radical (unpaired) electrons. The van der Waals surface area contributed by atoms with Crippen LogP contribution in [0.1, 0.15) is 27.5 Å². The van der Waals surface area contributed by atoms with Crippen molar-refractivity contribution in [2.75, 3.05) is 32.8 Å². The van der Waals surface area contributed by atoms with Gasteiger partial charge in [0.15, 0.2) is 0 Å². The number of amides is 1. The molecule has 1 fully saturated rings. The van der Waals surface area contributed by atoms with Crippen molar-refractivity contribution < 1.29 is 13.9 Å². The van der Waals surface area contributed by atoms with E-state index >= 15 is 0 Å². The van der Waals surface area contributed by atoms with Crippen molar-refractivity contribution in [3.8, 4) is 0 Å². The lowest BCUT2D eigenvalue weighted by atomic mass is 10.0. The highest BCUT2D eigenvalue weighted by Crippen LogP contribution is 2.22. The maximum absolute atomic E-state index is 13.3. The summed E-state index contributed by atoms with van der Waals surface area (Å²) in [6.07, 6.45) is 0. The van der Waals surface area contributed by atoms with Gasteiger partial charge in [-0.25, -0.2) is 4.39 Å². The van der Waals surface area contributed by atoms with E-state index in [0.717, 1.165) is 24.2 Å². The van der Waals surface area contributed by atoms with Gasteiger partial charge in [-0.05, 0) is 36.2 Å². The minimum atomic E-state index is -0.256. The van der Waals surface area contributed by atoms with E-state index in [0.29, 0.717) is 25.3 Å². The number of carbonyl (C=O) groups excluding carboxylic acids is 1. The second kappa shape index (κ2) is 8.23. The Labute approximate surface area is 147 Å². The summed E-state index contributed by atoms with van der Waals surface area (Å²) in [4.78, 5) is 14.8. The fourth-order valence-corrected chi connectivity index (χ4v) is 3.14. The number of halogens is 1. The molecule has 1 N–H and O–H groups in total. The Hall–Kier alpha value is -2.24. The smallest absolute Gasteiger partial charge is 0.251 e. The van der Waals surface area contributed by atoms with E-state index in [9.17, 15) is 9.18 Å². The molecule has 0 bridgehead atoms. The quantitative estimate of drug-likeness (QED) is 0.908. The molecule has 0 unspecified atom stereocenters. The van der Waals surface area contributed by atoms with Crippen molar-refractivity contribution in [1.82, 2.24) is 10.2 Å². The first-order valence-electron chi connectivity index (χ1n) is 8.56. The van der Waals surface area contributed by atoms with Crippen LogP contribution in [0.2, 0.25) is 0 Å². The normalized spacial score (nSPS) is 16.4. The predicted molar refractivity (Wildman–Crippen MR) is 95.0 cm³/mol. The van der Waals surface area contributed by atoms with Gasteiger partial charge < -0.3 is 10.1 Å². The molecule has 2 aromatic rings. The number of carbonyl (C=O) groups is 1. The third kappa shape index (κ3) is 4.44. The third-order valence-corrected chi connectivity index (χ3v) is 4.59. The van der Waals surface area contributed by atoms with Gasteiger partial charge in [-0.2, -0.15) is 0 Å². The molecule has 0 saturated carbocycles. The summed E-state index contributed by atoms with van der Waals surface area (Å²) in [7, 11) is 0. The van der Waals surface area contributed by atoms with E-state index in [4.69, 9.17) is 4.74 Å². The highest BCUT2D eigenvalue weighted by atomic mass is 19.1. The number of nitrogens with one attached hydrogen (secondary N) is 1. The van der Waals surface area contributed by atoms with Crippen molar-refractivity contribution in [1.29, 1.82) is 0 Å². The Balaban J connectivity index is 1.74. The van der Waals surface area contributed by atoms with Gasteiger partial charge in [0, 0.05) is 25.2 Å². The van der Waals surface area contributed by atoms with Gasteiger partial charge in [0.05, 0.1) is 19.3 Å². The van der Waals surface area contributed by atoms with Crippen LogP contribution in [0, 0.1) is 12.7 Å². The summed E-state index contributed by atoms with van der Waals surface area (Å²) in [5.74, 6) is -0.341. The Kier molecular flexibility index (Phi) is 5.79. The number of hydrogen-bond acceptors (Lipinski definition) is 3. The van der Waals surface area contributed by atoms with Crippen LogP contribution in [0.15, 0.2) is 48.5 Å². The molecule has 2 aromatic carbocycles. The zero-order valence-electron chi connectivity index (χ0n) is 14.4. The molecule has 132 valence electrons. The van der Waals surface area contributed by atoms with E-state index in [2.05, 4.69) is 10.2 Å². The molecule has 4 nitrogen and oxygen atoms in total. The first-order valence-corrected chi connectivity index (χ1v) is 8.56. The van der Waals surface area contributed by atoms with Crippen LogP contribution in [0.5, 0.6) is 0 Å². The molecule has 0 aliphatic carbocycles. The van der Waals surface area contributed by atoms with Gasteiger partial charge in [-0.15, -0.1) is 0 Å². The van der Waals surface area contributed by atoms with Crippen molar-refractivity contribution in [2.24, 2.45) is 0 Å². The molecule has 1 heterocycles. The van der Waals surface area contributed by atoms with Crippen molar-refractivity contribution in [3.05, 3.63) is 71.0 Å². The maximum atomic E-state index is 13.3. The molecule has 1 atom stereocenters. The van der Waals surface area contributed by atoms with E-state index < -0.39 is 0 Å². The first-order chi connectivity index (χ1) is 12.1. The zero-order chi connectivity index (χ0) is 17.6. The Morgan fingerprint density at radius 1 is 1.16 bits per heavy atom. The second-order valence-corrected chi connectivity index (χ2v) is 6.24. The van der Waals surface area contributed by atoms with E-state index in [-0.39, 0.29) is 17.8 Å². The van der Waals surface area contributed by atoms with Crippen LogP contribution >= 0.6 is 0 Å². The predicted octanol–water partition coefficient (Wildman–Crippen LogP) is 2.94. The molecule has 0 spiro atoms. The maximum Gasteiger partial charge on any atom is 0.251 e. The molecule has 25 heavy (non-hydrogen) atoms. The van der Waals surface area contributed by atoms with Crippen LogP contribution in [0.4, 0.5) is 4.39 Å². The zero-order valence-corrected chi connectivity index (χ0v) is 14.4. The van der Waals surface area contributed by atoms with E-state index in [1.165, 1.54) is 12.1 Å². The fourth-order valence-electron chi connectivity index (χ4n) is 3.14. The number of morpholine rings is 1. The van der Waals surface area contributed by atoms with Crippen molar-refractivity contribution in [3.63, 3.8) is 0 Å². The first kappa shape index (κ1) is 17.6. The average molecular weight is 342 g/mol. The molecule has 1 amide bonds. The standard InChI is InChI=1S/C20H23FN2O2/c1-15-4-2-3-5-18(15)20(24)22-14-19(23-10-12-25-13-11-23)16-6-8-17(21)9-7-16/h2-9,19H,10-14H2,1H3,(H,22,24)/t19-/m1/s1. The molecule has 1 aliphatic heterocycles. The minimum Gasteiger partial charge on any atom is -0.379 e. The second-order valence-electron chi connectivity index (χ2n) is 6.24. The number of rotatable bonds is 5. The van der Waals surface area contributed by atoms with Crippen LogP contribution in [-0.4, -0.2) is 43.7 Å². The van der Waals surface area contributed by atoms with Crippen LogP contribution < -0.4 is 5.32 Å². The minimum absolute atomic E-state index is 0.00234. The third-order valence-electron chi connectivity index (χ3n) is 4.59. The summed E-state index contributed by atoms with van der Waals surface area (Å²) in [6.45, 7) is 5.32.